The van der Waals surface area contributed by atoms with Crippen molar-refractivity contribution < 1.29 is 4.79 Å². The molecule has 1 heterocycles. The highest BCUT2D eigenvalue weighted by Crippen LogP contribution is 2.15. The first-order valence-electron chi connectivity index (χ1n) is 4.31. The molecule has 0 bridgehead atoms. The fourth-order valence-corrected chi connectivity index (χ4v) is 1.63. The van der Waals surface area contributed by atoms with Crippen molar-refractivity contribution in [3.8, 4) is 12.3 Å². The number of alkyl halides is 1. The van der Waals surface area contributed by atoms with Gasteiger partial charge in [0.05, 0.1) is 12.4 Å². The van der Waals surface area contributed by atoms with E-state index in [4.69, 9.17) is 18.0 Å². The summed E-state index contributed by atoms with van der Waals surface area (Å²) < 4.78 is 1.93. The molecule has 0 saturated carbocycles. The number of hydrogen-bond donors (Lipinski definition) is 0. The van der Waals surface area contributed by atoms with Gasteiger partial charge in [-0.1, -0.05) is 5.92 Å². The van der Waals surface area contributed by atoms with Crippen molar-refractivity contribution in [2.24, 2.45) is 0 Å². The van der Waals surface area contributed by atoms with Gasteiger partial charge in [0.25, 0.3) is 0 Å². The van der Waals surface area contributed by atoms with E-state index in [0.29, 0.717) is 12.1 Å². The Morgan fingerprint density at radius 3 is 2.79 bits per heavy atom. The molecule has 0 unspecified atom stereocenters. The van der Waals surface area contributed by atoms with E-state index in [9.17, 15) is 4.79 Å². The number of terminal acetylenes is 1. The van der Waals surface area contributed by atoms with E-state index in [1.807, 2.05) is 24.5 Å². The first kappa shape index (κ1) is 10.9. The van der Waals surface area contributed by atoms with Gasteiger partial charge in [0, 0.05) is 17.0 Å². The largest absolute Gasteiger partial charge is 0.337 e. The molecule has 74 valence electrons. The maximum absolute atomic E-state index is 11.4. The molecule has 0 radical (unpaired) electrons. The highest BCUT2D eigenvalue weighted by molar-refractivity contribution is 6.30. The number of carbonyl (C=O) groups excluding carboxylic acids is 1. The van der Waals surface area contributed by atoms with Crippen LogP contribution in [0.5, 0.6) is 0 Å². The molecule has 0 aromatic carbocycles. The van der Waals surface area contributed by atoms with Gasteiger partial charge < -0.3 is 4.57 Å². The number of rotatable bonds is 3. The summed E-state index contributed by atoms with van der Waals surface area (Å²) in [4.78, 5) is 11.4. The monoisotopic (exact) mass is 209 g/mol. The predicted molar refractivity (Wildman–Crippen MR) is 57.8 cm³/mol. The molecule has 0 amide bonds. The number of aromatic nitrogens is 1. The van der Waals surface area contributed by atoms with Crippen LogP contribution in [-0.4, -0.2) is 16.2 Å². The van der Waals surface area contributed by atoms with Gasteiger partial charge in [-0.3, -0.25) is 4.79 Å². The third-order valence-electron chi connectivity index (χ3n) is 2.24. The smallest absolute Gasteiger partial charge is 0.179 e. The molecule has 0 aliphatic rings. The van der Waals surface area contributed by atoms with Crippen molar-refractivity contribution in [3.05, 3.63) is 23.0 Å². The number of carbonyl (C=O) groups is 1. The zero-order chi connectivity index (χ0) is 10.7. The van der Waals surface area contributed by atoms with Crippen LogP contribution in [-0.2, 0) is 6.54 Å². The standard InChI is InChI=1S/C11H12ClNO/c1-4-5-13-8(2)6-10(9(13)3)11(14)7-12/h1,6H,5,7H2,2-3H3. The summed E-state index contributed by atoms with van der Waals surface area (Å²) in [5.74, 6) is 2.52. The first-order chi connectivity index (χ1) is 6.61. The van der Waals surface area contributed by atoms with Crippen LogP contribution in [0, 0.1) is 26.2 Å². The number of halogens is 1. The van der Waals surface area contributed by atoms with Gasteiger partial charge in [0.15, 0.2) is 5.78 Å². The quantitative estimate of drug-likeness (QED) is 0.425. The van der Waals surface area contributed by atoms with E-state index in [-0.39, 0.29) is 11.7 Å². The summed E-state index contributed by atoms with van der Waals surface area (Å²) in [6.45, 7) is 4.30. The van der Waals surface area contributed by atoms with Gasteiger partial charge in [0.1, 0.15) is 0 Å². The molecule has 0 aliphatic heterocycles. The van der Waals surface area contributed by atoms with Gasteiger partial charge in [-0.15, -0.1) is 18.0 Å². The molecule has 1 aromatic rings. The summed E-state index contributed by atoms with van der Waals surface area (Å²) in [5.41, 5.74) is 2.56. The molecule has 0 aliphatic carbocycles. The fourth-order valence-electron chi connectivity index (χ4n) is 1.49. The van der Waals surface area contributed by atoms with Crippen LogP contribution in [0.4, 0.5) is 0 Å². The number of aryl methyl sites for hydroxylation is 1. The summed E-state index contributed by atoms with van der Waals surface area (Å²) in [6, 6.07) is 1.83. The van der Waals surface area contributed by atoms with E-state index in [2.05, 4.69) is 5.92 Å². The molecule has 0 atom stereocenters. The number of nitrogens with zero attached hydrogens (tertiary/aromatic N) is 1. The Balaban J connectivity index is 3.18. The third-order valence-corrected chi connectivity index (χ3v) is 2.49. The SMILES string of the molecule is C#CCn1c(C)cc(C(=O)CCl)c1C. The molecule has 2 nitrogen and oxygen atoms in total. The molecule has 1 aromatic heterocycles. The van der Waals surface area contributed by atoms with Crippen LogP contribution in [0.2, 0.25) is 0 Å². The minimum absolute atomic E-state index is 0.0142. The fraction of sp³-hybridized carbons (Fsp3) is 0.364. The lowest BCUT2D eigenvalue weighted by Crippen LogP contribution is -2.04. The minimum atomic E-state index is -0.0527. The van der Waals surface area contributed by atoms with E-state index in [1.54, 1.807) is 0 Å². The second-order valence-corrected chi connectivity index (χ2v) is 3.40. The second-order valence-electron chi connectivity index (χ2n) is 3.13. The van der Waals surface area contributed by atoms with Gasteiger partial charge >= 0.3 is 0 Å². The Morgan fingerprint density at radius 1 is 1.64 bits per heavy atom. The summed E-state index contributed by atoms with van der Waals surface area (Å²) in [5, 5.41) is 0. The molecular weight excluding hydrogens is 198 g/mol. The van der Waals surface area contributed by atoms with Crippen LogP contribution in [0.25, 0.3) is 0 Å². The lowest BCUT2D eigenvalue weighted by atomic mass is 10.2. The van der Waals surface area contributed by atoms with E-state index in [1.165, 1.54) is 0 Å². The van der Waals surface area contributed by atoms with E-state index < -0.39 is 0 Å². The molecule has 0 N–H and O–H groups in total. The van der Waals surface area contributed by atoms with Gasteiger partial charge in [-0.2, -0.15) is 0 Å². The summed E-state index contributed by atoms with van der Waals surface area (Å²) in [7, 11) is 0. The molecule has 0 spiro atoms. The van der Waals surface area contributed by atoms with Crippen molar-refractivity contribution in [2.75, 3.05) is 5.88 Å². The highest BCUT2D eigenvalue weighted by atomic mass is 35.5. The molecular formula is C11H12ClNO. The zero-order valence-electron chi connectivity index (χ0n) is 8.30. The number of ketones is 1. The van der Waals surface area contributed by atoms with Gasteiger partial charge in [-0.05, 0) is 19.9 Å². The topological polar surface area (TPSA) is 22.0 Å². The molecule has 3 heteroatoms. The average Bonchev–Trinajstić information content (AvgIpc) is 2.45. The number of hydrogen-bond acceptors (Lipinski definition) is 1. The Bertz CT molecular complexity index is 398. The molecule has 0 saturated heterocycles. The van der Waals surface area contributed by atoms with Crippen LogP contribution < -0.4 is 0 Å². The van der Waals surface area contributed by atoms with Crippen LogP contribution in [0.1, 0.15) is 21.7 Å². The van der Waals surface area contributed by atoms with Crippen LogP contribution in [0.15, 0.2) is 6.07 Å². The second kappa shape index (κ2) is 4.34. The third kappa shape index (κ3) is 1.83. The normalized spacial score (nSPS) is 9.86. The maximum Gasteiger partial charge on any atom is 0.179 e. The Labute approximate surface area is 88.9 Å². The lowest BCUT2D eigenvalue weighted by molar-refractivity contribution is 0.102. The molecule has 0 fully saturated rings. The van der Waals surface area contributed by atoms with Gasteiger partial charge in [-0.25, -0.2) is 0 Å². The first-order valence-corrected chi connectivity index (χ1v) is 4.84. The highest BCUT2D eigenvalue weighted by Gasteiger charge is 2.13. The Morgan fingerprint density at radius 2 is 2.29 bits per heavy atom. The van der Waals surface area contributed by atoms with Crippen molar-refractivity contribution in [1.82, 2.24) is 4.57 Å². The van der Waals surface area contributed by atoms with E-state index in [0.717, 1.165) is 11.4 Å². The van der Waals surface area contributed by atoms with Crippen molar-refractivity contribution in [2.45, 2.75) is 20.4 Å². The van der Waals surface area contributed by atoms with Crippen molar-refractivity contribution >= 4 is 17.4 Å². The number of Topliss-reactive ketones (excluding diaryl/α,β-unsaturated/α-hetero) is 1. The molecule has 1 rings (SSSR count). The predicted octanol–water partition coefficient (Wildman–Crippen LogP) is 2.16. The van der Waals surface area contributed by atoms with Crippen molar-refractivity contribution in [1.29, 1.82) is 0 Å². The zero-order valence-corrected chi connectivity index (χ0v) is 9.06. The maximum atomic E-state index is 11.4. The Kier molecular flexibility index (Phi) is 3.38. The van der Waals surface area contributed by atoms with Crippen LogP contribution in [0.3, 0.4) is 0 Å². The summed E-state index contributed by atoms with van der Waals surface area (Å²) in [6.07, 6.45) is 5.23. The average molecular weight is 210 g/mol. The lowest BCUT2D eigenvalue weighted by Gasteiger charge is -2.04. The van der Waals surface area contributed by atoms with Crippen LogP contribution >= 0.6 is 11.6 Å². The van der Waals surface area contributed by atoms with E-state index >= 15 is 0 Å². The van der Waals surface area contributed by atoms with Gasteiger partial charge in [0.2, 0.25) is 0 Å². The summed E-state index contributed by atoms with van der Waals surface area (Å²) >= 11 is 5.50. The Hall–Kier alpha value is -1.20. The van der Waals surface area contributed by atoms with Crippen molar-refractivity contribution in [3.63, 3.8) is 0 Å². The minimum Gasteiger partial charge on any atom is -0.337 e. The molecule has 14 heavy (non-hydrogen) atoms.